The number of aromatic amines is 1. The van der Waals surface area contributed by atoms with E-state index in [1.807, 2.05) is 31.6 Å². The van der Waals surface area contributed by atoms with Crippen molar-refractivity contribution in [3.05, 3.63) is 36.3 Å². The third-order valence-corrected chi connectivity index (χ3v) is 3.88. The maximum Gasteiger partial charge on any atom is 0.222 e. The van der Waals surface area contributed by atoms with Gasteiger partial charge in [0.25, 0.3) is 0 Å². The monoisotopic (exact) mass is 285 g/mol. The molecule has 0 aromatic carbocycles. The minimum absolute atomic E-state index is 0.229. The van der Waals surface area contributed by atoms with Gasteiger partial charge in [0.15, 0.2) is 0 Å². The molecule has 3 rings (SSSR count). The summed E-state index contributed by atoms with van der Waals surface area (Å²) in [5, 5.41) is 10.7. The van der Waals surface area contributed by atoms with Gasteiger partial charge in [0.1, 0.15) is 0 Å². The number of rotatable bonds is 4. The highest BCUT2D eigenvalue weighted by molar-refractivity contribution is 5.76. The maximum atomic E-state index is 11.5. The van der Waals surface area contributed by atoms with Gasteiger partial charge >= 0.3 is 0 Å². The van der Waals surface area contributed by atoms with Gasteiger partial charge in [0.05, 0.1) is 11.9 Å². The van der Waals surface area contributed by atoms with Crippen molar-refractivity contribution in [3.63, 3.8) is 0 Å². The number of likely N-dealkylation sites (tertiary alicyclic amines) is 1. The van der Waals surface area contributed by atoms with Gasteiger partial charge in [-0.1, -0.05) is 0 Å². The number of nitrogens with zero attached hydrogens (tertiary/aromatic N) is 3. The van der Waals surface area contributed by atoms with E-state index < -0.39 is 0 Å². The van der Waals surface area contributed by atoms with Gasteiger partial charge in [-0.05, 0) is 18.6 Å². The zero-order valence-corrected chi connectivity index (χ0v) is 12.0. The summed E-state index contributed by atoms with van der Waals surface area (Å²) < 4.78 is 0. The van der Waals surface area contributed by atoms with Crippen molar-refractivity contribution >= 4 is 5.91 Å². The molecule has 1 aliphatic heterocycles. The average molecular weight is 285 g/mol. The van der Waals surface area contributed by atoms with E-state index >= 15 is 0 Å². The number of likely N-dealkylation sites (N-methyl/N-ethyl adjacent to an activating group) is 1. The van der Waals surface area contributed by atoms with Gasteiger partial charge in [-0.2, -0.15) is 5.10 Å². The van der Waals surface area contributed by atoms with Crippen molar-refractivity contribution in [1.29, 1.82) is 0 Å². The van der Waals surface area contributed by atoms with Crippen LogP contribution < -0.4 is 5.32 Å². The van der Waals surface area contributed by atoms with Crippen LogP contribution in [0.15, 0.2) is 30.7 Å². The summed E-state index contributed by atoms with van der Waals surface area (Å²) in [6, 6.07) is 4.26. The summed E-state index contributed by atoms with van der Waals surface area (Å²) in [4.78, 5) is 17.4. The lowest BCUT2D eigenvalue weighted by Gasteiger charge is -2.30. The van der Waals surface area contributed by atoms with E-state index in [1.54, 1.807) is 11.1 Å². The van der Waals surface area contributed by atoms with Gasteiger partial charge in [-0.15, -0.1) is 0 Å². The molecule has 0 radical (unpaired) electrons. The first-order chi connectivity index (χ1) is 10.2. The molecule has 1 saturated heterocycles. The highest BCUT2D eigenvalue weighted by Gasteiger charge is 2.22. The van der Waals surface area contributed by atoms with Crippen LogP contribution in [0.1, 0.15) is 18.4 Å². The smallest absolute Gasteiger partial charge is 0.222 e. The van der Waals surface area contributed by atoms with E-state index in [0.717, 1.165) is 36.3 Å². The Morgan fingerprint density at radius 3 is 3.14 bits per heavy atom. The van der Waals surface area contributed by atoms with Crippen LogP contribution in [0.3, 0.4) is 0 Å². The molecule has 2 aromatic rings. The van der Waals surface area contributed by atoms with Gasteiger partial charge < -0.3 is 10.2 Å². The predicted octanol–water partition coefficient (Wildman–Crippen LogP) is 1.18. The Morgan fingerprint density at radius 1 is 1.48 bits per heavy atom. The molecule has 110 valence electrons. The van der Waals surface area contributed by atoms with Crippen molar-refractivity contribution in [3.8, 4) is 11.3 Å². The number of H-pyrrole nitrogens is 1. The molecular weight excluding hydrogens is 266 g/mol. The Morgan fingerprint density at radius 2 is 2.38 bits per heavy atom. The molecule has 0 aliphatic carbocycles. The summed E-state index contributed by atoms with van der Waals surface area (Å²) in [5.74, 6) is 0.229. The maximum absolute atomic E-state index is 11.5. The number of carbonyl (C=O) groups is 1. The Kier molecular flexibility index (Phi) is 3.96. The minimum atomic E-state index is 0.229. The Bertz CT molecular complexity index is 610. The highest BCUT2D eigenvalue weighted by Crippen LogP contribution is 2.20. The van der Waals surface area contributed by atoms with Gasteiger partial charge in [0, 0.05) is 56.1 Å². The van der Waals surface area contributed by atoms with E-state index in [0.29, 0.717) is 12.5 Å². The van der Waals surface area contributed by atoms with Gasteiger partial charge in [-0.25, -0.2) is 0 Å². The Hall–Kier alpha value is -2.21. The number of hydrogen-bond donors (Lipinski definition) is 2. The van der Waals surface area contributed by atoms with Crippen LogP contribution in [-0.2, 0) is 11.3 Å². The first-order valence-corrected chi connectivity index (χ1v) is 7.14. The number of aromatic nitrogens is 3. The van der Waals surface area contributed by atoms with Crippen molar-refractivity contribution in [1.82, 2.24) is 25.4 Å². The van der Waals surface area contributed by atoms with Crippen LogP contribution in [0.4, 0.5) is 0 Å². The molecule has 2 N–H and O–H groups in total. The number of hydrogen-bond acceptors (Lipinski definition) is 4. The minimum Gasteiger partial charge on any atom is -0.344 e. The summed E-state index contributed by atoms with van der Waals surface area (Å²) in [6.07, 6.45) is 6.93. The fourth-order valence-electron chi connectivity index (χ4n) is 2.64. The van der Waals surface area contributed by atoms with E-state index in [9.17, 15) is 4.79 Å². The molecule has 0 bridgehead atoms. The van der Waals surface area contributed by atoms with Gasteiger partial charge in [0.2, 0.25) is 5.91 Å². The zero-order chi connectivity index (χ0) is 14.7. The van der Waals surface area contributed by atoms with E-state index in [4.69, 9.17) is 0 Å². The lowest BCUT2D eigenvalue weighted by molar-refractivity contribution is -0.132. The van der Waals surface area contributed by atoms with Crippen molar-refractivity contribution < 1.29 is 4.79 Å². The molecule has 1 amide bonds. The first-order valence-electron chi connectivity index (χ1n) is 7.14. The zero-order valence-electron chi connectivity index (χ0n) is 12.0. The highest BCUT2D eigenvalue weighted by atomic mass is 16.2. The molecule has 0 saturated carbocycles. The first kappa shape index (κ1) is 13.8. The van der Waals surface area contributed by atoms with Crippen LogP contribution >= 0.6 is 0 Å². The normalized spacial score (nSPS) is 19.0. The quantitative estimate of drug-likeness (QED) is 0.884. The fourth-order valence-corrected chi connectivity index (χ4v) is 2.64. The number of nitrogens with one attached hydrogen (secondary N) is 2. The standard InChI is InChI=1S/C15H19N5O/c1-20-10-13(4-5-14(20)21)17-8-12-9-18-19-15(12)11-3-2-6-16-7-11/h2-3,6-7,9,13,17H,4-5,8,10H2,1H3,(H,18,19). The van der Waals surface area contributed by atoms with Gasteiger partial charge in [-0.3, -0.25) is 14.9 Å². The Balaban J connectivity index is 1.64. The number of pyridine rings is 1. The van der Waals surface area contributed by atoms with E-state index in [1.165, 1.54) is 0 Å². The summed E-state index contributed by atoms with van der Waals surface area (Å²) in [7, 11) is 1.86. The summed E-state index contributed by atoms with van der Waals surface area (Å²) in [5.41, 5.74) is 3.14. The lowest BCUT2D eigenvalue weighted by Crippen LogP contribution is -2.46. The number of amides is 1. The molecule has 2 aromatic heterocycles. The molecule has 3 heterocycles. The summed E-state index contributed by atoms with van der Waals surface area (Å²) in [6.45, 7) is 1.49. The van der Waals surface area contributed by atoms with Crippen LogP contribution in [0.5, 0.6) is 0 Å². The predicted molar refractivity (Wildman–Crippen MR) is 79.3 cm³/mol. The van der Waals surface area contributed by atoms with E-state index in [-0.39, 0.29) is 5.91 Å². The molecule has 0 spiro atoms. The van der Waals surface area contributed by atoms with Crippen LogP contribution in [0.2, 0.25) is 0 Å². The second kappa shape index (κ2) is 6.05. The topological polar surface area (TPSA) is 73.9 Å². The van der Waals surface area contributed by atoms with Crippen LogP contribution in [0.25, 0.3) is 11.3 Å². The van der Waals surface area contributed by atoms with Crippen LogP contribution in [0, 0.1) is 0 Å². The fraction of sp³-hybridized carbons (Fsp3) is 0.400. The molecule has 6 nitrogen and oxygen atoms in total. The second-order valence-corrected chi connectivity index (χ2v) is 5.40. The van der Waals surface area contributed by atoms with Crippen molar-refractivity contribution in [2.24, 2.45) is 0 Å². The second-order valence-electron chi connectivity index (χ2n) is 5.40. The third kappa shape index (κ3) is 3.11. The third-order valence-electron chi connectivity index (χ3n) is 3.88. The van der Waals surface area contributed by atoms with Crippen LogP contribution in [-0.4, -0.2) is 45.6 Å². The molecule has 1 atom stereocenters. The molecule has 1 aliphatic rings. The van der Waals surface area contributed by atoms with Crippen molar-refractivity contribution in [2.45, 2.75) is 25.4 Å². The average Bonchev–Trinajstić information content (AvgIpc) is 2.98. The van der Waals surface area contributed by atoms with Crippen molar-refractivity contribution in [2.75, 3.05) is 13.6 Å². The Labute approximate surface area is 123 Å². The number of carbonyl (C=O) groups excluding carboxylic acids is 1. The molecule has 21 heavy (non-hydrogen) atoms. The SMILES string of the molecule is CN1CC(NCc2cn[nH]c2-c2cccnc2)CCC1=O. The summed E-state index contributed by atoms with van der Waals surface area (Å²) >= 11 is 0. The number of piperidine rings is 1. The molecule has 1 fully saturated rings. The molecule has 6 heteroatoms. The molecule has 1 unspecified atom stereocenters. The van der Waals surface area contributed by atoms with E-state index in [2.05, 4.69) is 20.5 Å². The largest absolute Gasteiger partial charge is 0.344 e. The molecular formula is C15H19N5O. The lowest BCUT2D eigenvalue weighted by atomic mass is 10.0.